The zero-order valence-corrected chi connectivity index (χ0v) is 26.2. The summed E-state index contributed by atoms with van der Waals surface area (Å²) in [5.41, 5.74) is -2.49. The fourth-order valence-electron chi connectivity index (χ4n) is 5.19. The summed E-state index contributed by atoms with van der Waals surface area (Å²) in [7, 11) is 0. The molecule has 228 valence electrons. The highest BCUT2D eigenvalue weighted by molar-refractivity contribution is 6.10. The molecule has 0 heterocycles. The highest BCUT2D eigenvalue weighted by atomic mass is 16.6. The Bertz CT molecular complexity index is 927. The molecule has 5 atom stereocenters. The maximum absolute atomic E-state index is 14.7. The number of carboxylic acid groups (broad SMARTS) is 1. The SMILES string of the molecule is CCN[C@@H](CC(C)C)C(=O)N(CC)[C@@H](CC(C)CCC(C)O)C(=O)C(Cc1ccccc1)(OC(C)(C)C)C(=O)O. The van der Waals surface area contributed by atoms with E-state index in [1.807, 2.05) is 40.7 Å². The van der Waals surface area contributed by atoms with Crippen molar-refractivity contribution in [3.8, 4) is 0 Å². The molecule has 0 radical (unpaired) electrons. The number of ether oxygens (including phenoxy) is 1. The molecule has 3 N–H and O–H groups in total. The summed E-state index contributed by atoms with van der Waals surface area (Å²) in [6, 6.07) is 7.48. The van der Waals surface area contributed by atoms with Gasteiger partial charge in [-0.25, -0.2) is 4.79 Å². The summed E-state index contributed by atoms with van der Waals surface area (Å²) >= 11 is 0. The maximum atomic E-state index is 14.7. The van der Waals surface area contributed by atoms with Gasteiger partial charge in [0.25, 0.3) is 0 Å². The number of ketones is 1. The van der Waals surface area contributed by atoms with Gasteiger partial charge in [0.05, 0.1) is 23.8 Å². The molecule has 0 aliphatic carbocycles. The zero-order chi connectivity index (χ0) is 30.7. The van der Waals surface area contributed by atoms with Gasteiger partial charge in [0.15, 0.2) is 5.78 Å². The van der Waals surface area contributed by atoms with Crippen molar-refractivity contribution in [1.82, 2.24) is 10.2 Å². The fraction of sp³-hybridized carbons (Fsp3) is 0.719. The second kappa shape index (κ2) is 16.2. The van der Waals surface area contributed by atoms with E-state index in [4.69, 9.17) is 4.74 Å². The molecule has 8 heteroatoms. The largest absolute Gasteiger partial charge is 0.479 e. The summed E-state index contributed by atoms with van der Waals surface area (Å²) in [6.45, 7) is 17.6. The molecular weight excluding hydrogens is 508 g/mol. The van der Waals surface area contributed by atoms with E-state index in [9.17, 15) is 24.6 Å². The van der Waals surface area contributed by atoms with Crippen LogP contribution in [0.2, 0.25) is 0 Å². The van der Waals surface area contributed by atoms with Crippen molar-refractivity contribution >= 4 is 17.7 Å². The molecule has 0 aliphatic heterocycles. The van der Waals surface area contributed by atoms with E-state index in [0.717, 1.165) is 0 Å². The van der Waals surface area contributed by atoms with Gasteiger partial charge in [-0.3, -0.25) is 9.59 Å². The molecule has 40 heavy (non-hydrogen) atoms. The Morgan fingerprint density at radius 2 is 1.57 bits per heavy atom. The van der Waals surface area contributed by atoms with Crippen LogP contribution in [0.15, 0.2) is 30.3 Å². The Morgan fingerprint density at radius 3 is 2.02 bits per heavy atom. The van der Waals surface area contributed by atoms with Crippen molar-refractivity contribution < 1.29 is 29.3 Å². The Morgan fingerprint density at radius 1 is 0.975 bits per heavy atom. The number of amides is 1. The third kappa shape index (κ3) is 10.9. The third-order valence-electron chi connectivity index (χ3n) is 6.98. The van der Waals surface area contributed by atoms with Crippen LogP contribution in [-0.2, 0) is 25.5 Å². The normalized spacial score (nSPS) is 16.6. The number of nitrogens with one attached hydrogen (secondary N) is 1. The van der Waals surface area contributed by atoms with E-state index >= 15 is 0 Å². The average molecular weight is 563 g/mol. The first-order valence-electron chi connectivity index (χ1n) is 14.8. The smallest absolute Gasteiger partial charge is 0.344 e. The molecule has 0 aromatic heterocycles. The van der Waals surface area contributed by atoms with Crippen molar-refractivity contribution in [3.05, 3.63) is 35.9 Å². The number of likely N-dealkylation sites (N-methyl/N-ethyl adjacent to an activating group) is 2. The molecular formula is C32H54N2O6. The van der Waals surface area contributed by atoms with Crippen LogP contribution in [0.4, 0.5) is 0 Å². The Balaban J connectivity index is 3.73. The monoisotopic (exact) mass is 562 g/mol. The predicted molar refractivity (Wildman–Crippen MR) is 159 cm³/mol. The van der Waals surface area contributed by atoms with Gasteiger partial charge < -0.3 is 25.2 Å². The first-order valence-corrected chi connectivity index (χ1v) is 14.8. The van der Waals surface area contributed by atoms with Gasteiger partial charge in [-0.05, 0) is 84.2 Å². The third-order valence-corrected chi connectivity index (χ3v) is 6.98. The van der Waals surface area contributed by atoms with Crippen LogP contribution in [0.5, 0.6) is 0 Å². The average Bonchev–Trinajstić information content (AvgIpc) is 2.85. The van der Waals surface area contributed by atoms with Gasteiger partial charge >= 0.3 is 5.97 Å². The van der Waals surface area contributed by atoms with Gasteiger partial charge in [0.1, 0.15) is 0 Å². The lowest BCUT2D eigenvalue weighted by Crippen LogP contribution is -2.63. The lowest BCUT2D eigenvalue weighted by atomic mass is 9.81. The number of carboxylic acids is 1. The molecule has 0 fully saturated rings. The van der Waals surface area contributed by atoms with Crippen LogP contribution in [0.1, 0.15) is 93.6 Å². The number of nitrogens with zero attached hydrogens (tertiary/aromatic N) is 1. The van der Waals surface area contributed by atoms with Crippen molar-refractivity contribution in [2.24, 2.45) is 11.8 Å². The number of hydrogen-bond donors (Lipinski definition) is 3. The molecule has 1 aromatic carbocycles. The lowest BCUT2D eigenvalue weighted by Gasteiger charge is -2.41. The Hall–Kier alpha value is -2.29. The van der Waals surface area contributed by atoms with Gasteiger partial charge in [-0.1, -0.05) is 58.0 Å². The van der Waals surface area contributed by atoms with Crippen LogP contribution in [0.3, 0.4) is 0 Å². The zero-order valence-electron chi connectivity index (χ0n) is 26.2. The number of Topliss-reactive ketones (excluding diaryl/α,β-unsaturated/α-hetero) is 1. The van der Waals surface area contributed by atoms with Crippen LogP contribution >= 0.6 is 0 Å². The first kappa shape index (κ1) is 35.7. The van der Waals surface area contributed by atoms with Crippen molar-refractivity contribution in [3.63, 3.8) is 0 Å². The lowest BCUT2D eigenvalue weighted by molar-refractivity contribution is -0.192. The quantitative estimate of drug-likeness (QED) is 0.219. The number of hydrogen-bond acceptors (Lipinski definition) is 6. The summed E-state index contributed by atoms with van der Waals surface area (Å²) < 4.78 is 6.22. The topological polar surface area (TPSA) is 116 Å². The van der Waals surface area contributed by atoms with E-state index in [0.29, 0.717) is 31.4 Å². The van der Waals surface area contributed by atoms with E-state index in [1.54, 1.807) is 56.9 Å². The molecule has 1 amide bonds. The number of benzene rings is 1. The van der Waals surface area contributed by atoms with Crippen LogP contribution in [0.25, 0.3) is 0 Å². The summed E-state index contributed by atoms with van der Waals surface area (Å²) in [5.74, 6) is -2.02. The molecule has 8 nitrogen and oxygen atoms in total. The standard InChI is InChI=1S/C32H54N2O6/c1-10-33-26(19-22(3)4)29(37)34(11-2)27(20-23(5)17-18-24(6)35)28(36)32(30(38)39,40-31(7,8)9)21-25-15-13-12-14-16-25/h12-16,22-24,26-27,33,35H,10-11,17-21H2,1-9H3,(H,38,39)/t23?,24?,26-,27-,32?/m0/s1. The van der Waals surface area contributed by atoms with Gasteiger partial charge in [-0.2, -0.15) is 0 Å². The van der Waals surface area contributed by atoms with Gasteiger partial charge in [-0.15, -0.1) is 0 Å². The fourth-order valence-corrected chi connectivity index (χ4v) is 5.19. The molecule has 1 aromatic rings. The highest BCUT2D eigenvalue weighted by Crippen LogP contribution is 2.32. The minimum atomic E-state index is -2.20. The van der Waals surface area contributed by atoms with E-state index < -0.39 is 41.1 Å². The summed E-state index contributed by atoms with van der Waals surface area (Å²) in [5, 5.41) is 23.8. The predicted octanol–water partition coefficient (Wildman–Crippen LogP) is 4.87. The minimum Gasteiger partial charge on any atom is -0.479 e. The second-order valence-corrected chi connectivity index (χ2v) is 12.5. The first-order chi connectivity index (χ1) is 18.6. The number of aliphatic hydroxyl groups excluding tert-OH is 1. The number of rotatable bonds is 18. The highest BCUT2D eigenvalue weighted by Gasteiger charge is 2.54. The van der Waals surface area contributed by atoms with Crippen LogP contribution in [0, 0.1) is 11.8 Å². The van der Waals surface area contributed by atoms with Gasteiger partial charge in [0.2, 0.25) is 11.5 Å². The number of aliphatic hydroxyl groups is 1. The summed E-state index contributed by atoms with van der Waals surface area (Å²) in [6.07, 6.45) is 1.38. The van der Waals surface area contributed by atoms with E-state index in [2.05, 4.69) is 5.32 Å². The Labute approximate surface area is 241 Å². The summed E-state index contributed by atoms with van der Waals surface area (Å²) in [4.78, 5) is 43.4. The molecule has 0 aliphatic rings. The van der Waals surface area contributed by atoms with Crippen LogP contribution < -0.4 is 5.32 Å². The minimum absolute atomic E-state index is 0.0501. The molecule has 3 unspecified atom stereocenters. The van der Waals surface area contributed by atoms with Crippen molar-refractivity contribution in [2.75, 3.05) is 13.1 Å². The number of carbonyl (C=O) groups is 3. The second-order valence-electron chi connectivity index (χ2n) is 12.5. The van der Waals surface area contributed by atoms with Crippen molar-refractivity contribution in [1.29, 1.82) is 0 Å². The van der Waals surface area contributed by atoms with Gasteiger partial charge in [0, 0.05) is 13.0 Å². The number of carbonyl (C=O) groups excluding carboxylic acids is 2. The maximum Gasteiger partial charge on any atom is 0.344 e. The number of aliphatic carboxylic acids is 1. The van der Waals surface area contributed by atoms with E-state index in [-0.39, 0.29) is 37.1 Å². The Kier molecular flexibility index (Phi) is 14.5. The molecule has 1 rings (SSSR count). The van der Waals surface area contributed by atoms with Crippen molar-refractivity contribution in [2.45, 2.75) is 124 Å². The molecule has 0 saturated heterocycles. The molecule has 0 bridgehead atoms. The van der Waals surface area contributed by atoms with Crippen LogP contribution in [-0.4, -0.2) is 75.3 Å². The molecule has 0 saturated carbocycles. The van der Waals surface area contributed by atoms with E-state index in [1.165, 1.54) is 0 Å². The molecule has 0 spiro atoms.